The molecule has 4 unspecified atom stereocenters. The molecule has 6 saturated carbocycles. The molecule has 0 aromatic carbocycles. The number of aliphatic hydroxyl groups excluding tert-OH is 8. The lowest BCUT2D eigenvalue weighted by molar-refractivity contribution is -0.279. The first kappa shape index (κ1) is 43.9. The number of rotatable bonds is 10. The van der Waals surface area contributed by atoms with E-state index in [1.807, 2.05) is 6.92 Å². The van der Waals surface area contributed by atoms with Crippen LogP contribution in [0.2, 0.25) is 0 Å². The summed E-state index contributed by atoms with van der Waals surface area (Å²) in [7, 11) is 0. The molecule has 20 atom stereocenters. The molecule has 9 N–H and O–H groups in total. The van der Waals surface area contributed by atoms with Gasteiger partial charge in [-0.05, 0) is 137 Å². The van der Waals surface area contributed by atoms with Gasteiger partial charge >= 0.3 is 0 Å². The lowest BCUT2D eigenvalue weighted by atomic mass is 9.35. The normalized spacial score (nSPS) is 52.0. The number of fused-ring (bicyclic) bond motifs is 5. The maximum Gasteiger partial charge on any atom is 0.113 e. The fourth-order valence-corrected chi connectivity index (χ4v) is 14.3. The molecule has 0 aromatic heterocycles. The molecule has 0 bridgehead atoms. The van der Waals surface area contributed by atoms with Crippen molar-refractivity contribution in [2.75, 3.05) is 13.2 Å². The summed E-state index contributed by atoms with van der Waals surface area (Å²) in [5.41, 5.74) is -0.131. The number of hydrogen-bond donors (Lipinski definition) is 9. The van der Waals surface area contributed by atoms with Crippen LogP contribution < -0.4 is 0 Å². The molecule has 0 aromatic rings. The second-order valence-corrected chi connectivity index (χ2v) is 21.1. The Kier molecular flexibility index (Phi) is 12.5. The first-order valence-electron chi connectivity index (χ1n) is 21.6. The Labute approximate surface area is 329 Å². The highest BCUT2D eigenvalue weighted by atomic mass is 16.6. The lowest BCUT2D eigenvalue weighted by Gasteiger charge is -2.71. The summed E-state index contributed by atoms with van der Waals surface area (Å²) < 4.78 is 13.4. The minimum atomic E-state index is -1.55. The van der Waals surface area contributed by atoms with Crippen LogP contribution in [-0.2, 0) is 9.47 Å². The van der Waals surface area contributed by atoms with Gasteiger partial charge in [0.05, 0.1) is 42.2 Å². The third kappa shape index (κ3) is 7.23. The van der Waals surface area contributed by atoms with E-state index in [4.69, 9.17) is 9.47 Å². The van der Waals surface area contributed by atoms with Crippen LogP contribution in [0.4, 0.5) is 0 Å². The van der Waals surface area contributed by atoms with Crippen molar-refractivity contribution in [3.63, 3.8) is 0 Å². The molecular weight excluding hydrogens is 704 g/mol. The largest absolute Gasteiger partial charge is 0.396 e. The second kappa shape index (κ2) is 15.7. The Balaban J connectivity index is 1.23. The van der Waals surface area contributed by atoms with Crippen molar-refractivity contribution in [2.45, 2.75) is 193 Å². The predicted molar refractivity (Wildman–Crippen MR) is 207 cm³/mol. The molecule has 0 amide bonds. The second-order valence-electron chi connectivity index (χ2n) is 21.1. The molecule has 6 aliphatic rings. The lowest BCUT2D eigenvalue weighted by Crippen LogP contribution is -2.67. The van der Waals surface area contributed by atoms with E-state index in [0.717, 1.165) is 44.9 Å². The van der Waals surface area contributed by atoms with Crippen LogP contribution in [0.1, 0.15) is 126 Å². The zero-order valence-corrected chi connectivity index (χ0v) is 34.8. The van der Waals surface area contributed by atoms with Crippen molar-refractivity contribution in [2.24, 2.45) is 57.2 Å². The van der Waals surface area contributed by atoms with Gasteiger partial charge in [-0.25, -0.2) is 0 Å². The first-order valence-corrected chi connectivity index (χ1v) is 21.6. The standard InChI is InChI=1S/C44H76O11/c1-23(2)10-9-14-44(8,53)26-11-16-43(7)33(26)27(47)20-31-41(5)15-13-32(40(3,4)30(41)12-17-42(31,43)6)54-29-19-25(22-46)35(49)38(52)39(29)55-28-18-24(21-45)34(48)37(51)36(28)50/h10,24-39,45-53H,9,11-22H2,1-8H3/t24?,25?,26-,27+,28+,29+,30-,31+,32-,33-,34+,35+,36?,37+,38+,39?,41-,42+,43+,44-/m0/s1. The quantitative estimate of drug-likeness (QED) is 0.147. The Bertz CT molecular complexity index is 1360. The minimum Gasteiger partial charge on any atom is -0.396 e. The molecule has 11 nitrogen and oxygen atoms in total. The van der Waals surface area contributed by atoms with E-state index in [9.17, 15) is 46.0 Å². The molecule has 0 heterocycles. The van der Waals surface area contributed by atoms with Crippen molar-refractivity contribution in [3.8, 4) is 0 Å². The van der Waals surface area contributed by atoms with E-state index in [1.165, 1.54) is 5.57 Å². The van der Waals surface area contributed by atoms with Crippen LogP contribution in [0, 0.1) is 57.2 Å². The molecule has 6 rings (SSSR count). The van der Waals surface area contributed by atoms with Crippen LogP contribution in [0.15, 0.2) is 11.6 Å². The highest BCUT2D eigenvalue weighted by Gasteiger charge is 2.71. The Morgan fingerprint density at radius 2 is 1.29 bits per heavy atom. The van der Waals surface area contributed by atoms with Crippen molar-refractivity contribution < 1.29 is 55.4 Å². The first-order chi connectivity index (χ1) is 25.6. The third-order valence-electron chi connectivity index (χ3n) is 17.6. The molecule has 6 fully saturated rings. The summed E-state index contributed by atoms with van der Waals surface area (Å²) in [4.78, 5) is 0. The number of ether oxygens (including phenoxy) is 2. The highest BCUT2D eigenvalue weighted by molar-refractivity contribution is 5.20. The van der Waals surface area contributed by atoms with Gasteiger partial charge in [-0.3, -0.25) is 0 Å². The Hall–Kier alpha value is -0.700. The smallest absolute Gasteiger partial charge is 0.113 e. The zero-order chi connectivity index (χ0) is 40.6. The number of allylic oxidation sites excluding steroid dienone is 2. The van der Waals surface area contributed by atoms with Gasteiger partial charge in [-0.15, -0.1) is 0 Å². The summed E-state index contributed by atoms with van der Waals surface area (Å²) in [6, 6.07) is 0. The van der Waals surface area contributed by atoms with Gasteiger partial charge in [0.2, 0.25) is 0 Å². The van der Waals surface area contributed by atoms with E-state index in [2.05, 4.69) is 54.5 Å². The van der Waals surface area contributed by atoms with Crippen molar-refractivity contribution in [1.82, 2.24) is 0 Å². The maximum atomic E-state index is 12.2. The van der Waals surface area contributed by atoms with Gasteiger partial charge in [0, 0.05) is 25.0 Å². The fourth-order valence-electron chi connectivity index (χ4n) is 14.3. The molecule has 318 valence electrons. The van der Waals surface area contributed by atoms with E-state index in [0.29, 0.717) is 12.8 Å². The van der Waals surface area contributed by atoms with E-state index >= 15 is 0 Å². The van der Waals surface area contributed by atoms with Crippen molar-refractivity contribution >= 4 is 0 Å². The third-order valence-corrected chi connectivity index (χ3v) is 17.6. The molecular formula is C44H76O11. The van der Waals surface area contributed by atoms with Crippen LogP contribution in [0.3, 0.4) is 0 Å². The fraction of sp³-hybridized carbons (Fsp3) is 0.955. The SMILES string of the molecule is CC(C)=CCC[C@](C)(O)[C@H]1CC[C@]2(C)[C@@H]1[C@H](O)C[C@@H]1[C@@]3(C)CC[C@H](O[C@@H]4CC(CO)[C@@H](O)[C@@H](O)C4O[C@@H]4CC(CO)[C@@H](O)[C@@H](O)C4O)C(C)(C)[C@@H]3CC[C@]12C. The molecule has 55 heavy (non-hydrogen) atoms. The molecule has 6 aliphatic carbocycles. The van der Waals surface area contributed by atoms with Crippen LogP contribution in [-0.4, -0.2) is 126 Å². The van der Waals surface area contributed by atoms with E-state index in [-0.39, 0.29) is 70.9 Å². The minimum absolute atomic E-state index is 0.0149. The van der Waals surface area contributed by atoms with E-state index in [1.54, 1.807) is 0 Å². The molecule has 0 aliphatic heterocycles. The molecule has 0 saturated heterocycles. The predicted octanol–water partition coefficient (Wildman–Crippen LogP) is 3.48. The summed E-state index contributed by atoms with van der Waals surface area (Å²) in [5.74, 6) is -0.767. The van der Waals surface area contributed by atoms with Crippen LogP contribution in [0.25, 0.3) is 0 Å². The van der Waals surface area contributed by atoms with E-state index < -0.39 is 79.0 Å². The topological polar surface area (TPSA) is 201 Å². The van der Waals surface area contributed by atoms with Gasteiger partial charge in [0.25, 0.3) is 0 Å². The maximum absolute atomic E-state index is 12.2. The summed E-state index contributed by atoms with van der Waals surface area (Å²) in [6.07, 6.45) is -0.431. The van der Waals surface area contributed by atoms with Gasteiger partial charge in [-0.1, -0.05) is 46.3 Å². The zero-order valence-electron chi connectivity index (χ0n) is 34.8. The molecule has 0 radical (unpaired) electrons. The molecule has 0 spiro atoms. The van der Waals surface area contributed by atoms with Gasteiger partial charge < -0.3 is 55.4 Å². The van der Waals surface area contributed by atoms with Crippen LogP contribution >= 0.6 is 0 Å². The molecule has 11 heteroatoms. The van der Waals surface area contributed by atoms with Gasteiger partial charge in [-0.2, -0.15) is 0 Å². The monoisotopic (exact) mass is 781 g/mol. The summed E-state index contributed by atoms with van der Waals surface area (Å²) in [5, 5.41) is 98.5. The van der Waals surface area contributed by atoms with Gasteiger partial charge in [0.1, 0.15) is 24.4 Å². The number of aliphatic hydroxyl groups is 9. The average molecular weight is 781 g/mol. The summed E-state index contributed by atoms with van der Waals surface area (Å²) in [6.45, 7) is 17.3. The Morgan fingerprint density at radius 1 is 0.691 bits per heavy atom. The van der Waals surface area contributed by atoms with Crippen molar-refractivity contribution in [3.05, 3.63) is 11.6 Å². The summed E-state index contributed by atoms with van der Waals surface area (Å²) >= 11 is 0. The Morgan fingerprint density at radius 3 is 1.91 bits per heavy atom. The van der Waals surface area contributed by atoms with Crippen molar-refractivity contribution in [1.29, 1.82) is 0 Å². The average Bonchev–Trinajstić information content (AvgIpc) is 3.50. The van der Waals surface area contributed by atoms with Gasteiger partial charge in [0.15, 0.2) is 0 Å². The van der Waals surface area contributed by atoms with Crippen LogP contribution in [0.5, 0.6) is 0 Å². The number of hydrogen-bond acceptors (Lipinski definition) is 11. The highest BCUT2D eigenvalue weighted by Crippen LogP contribution is 2.76.